The fraction of sp³-hybridized carbons (Fsp3) is 0.0588. The molecule has 1 aromatic heterocycles. The van der Waals surface area contributed by atoms with E-state index in [1.807, 2.05) is 18.2 Å². The van der Waals surface area contributed by atoms with Gasteiger partial charge in [0, 0.05) is 10.9 Å². The number of para-hydroxylation sites is 1. The van der Waals surface area contributed by atoms with Crippen molar-refractivity contribution in [1.29, 1.82) is 0 Å². The standard InChI is InChI=1S/C17H12O3/c1-11(18)12-6-4-7-13(9-12)15-10-14-5-2-3-8-16(14)20-17(15)19/h2-10H,1H3. The summed E-state index contributed by atoms with van der Waals surface area (Å²) in [5.41, 5.74) is 1.90. The zero-order chi connectivity index (χ0) is 14.1. The van der Waals surface area contributed by atoms with Crippen LogP contribution in [0.15, 0.2) is 63.8 Å². The maximum atomic E-state index is 12.1. The van der Waals surface area contributed by atoms with Crippen molar-refractivity contribution in [2.75, 3.05) is 0 Å². The van der Waals surface area contributed by atoms with Crippen molar-refractivity contribution < 1.29 is 9.21 Å². The molecule has 3 rings (SSSR count). The molecule has 1 heterocycles. The molecule has 0 N–H and O–H groups in total. The predicted octanol–water partition coefficient (Wildman–Crippen LogP) is 3.66. The van der Waals surface area contributed by atoms with Crippen LogP contribution in [0.2, 0.25) is 0 Å². The average Bonchev–Trinajstić information content (AvgIpc) is 2.46. The Balaban J connectivity index is 2.24. The van der Waals surface area contributed by atoms with Gasteiger partial charge in [-0.25, -0.2) is 4.79 Å². The summed E-state index contributed by atoms with van der Waals surface area (Å²) in [6.07, 6.45) is 0. The molecule has 20 heavy (non-hydrogen) atoms. The first kappa shape index (κ1) is 12.4. The van der Waals surface area contributed by atoms with E-state index in [2.05, 4.69) is 0 Å². The van der Waals surface area contributed by atoms with Crippen molar-refractivity contribution in [3.05, 3.63) is 70.6 Å². The summed E-state index contributed by atoms with van der Waals surface area (Å²) in [4.78, 5) is 23.5. The van der Waals surface area contributed by atoms with Gasteiger partial charge in [0.2, 0.25) is 0 Å². The quantitative estimate of drug-likeness (QED) is 0.524. The molecule has 0 aliphatic carbocycles. The summed E-state index contributed by atoms with van der Waals surface area (Å²) in [6, 6.07) is 16.1. The van der Waals surface area contributed by atoms with Gasteiger partial charge in [0.05, 0.1) is 5.56 Å². The molecule has 0 saturated heterocycles. The van der Waals surface area contributed by atoms with Gasteiger partial charge in [-0.3, -0.25) is 4.79 Å². The number of hydrogen-bond donors (Lipinski definition) is 0. The normalized spacial score (nSPS) is 10.7. The van der Waals surface area contributed by atoms with Crippen LogP contribution in [-0.4, -0.2) is 5.78 Å². The van der Waals surface area contributed by atoms with Crippen LogP contribution in [0.1, 0.15) is 17.3 Å². The average molecular weight is 264 g/mol. The van der Waals surface area contributed by atoms with Gasteiger partial charge in [0.25, 0.3) is 0 Å². The molecule has 0 bridgehead atoms. The molecule has 0 spiro atoms. The van der Waals surface area contributed by atoms with E-state index in [4.69, 9.17) is 4.42 Å². The van der Waals surface area contributed by atoms with Gasteiger partial charge >= 0.3 is 5.63 Å². The Bertz CT molecular complexity index is 859. The molecule has 0 saturated carbocycles. The zero-order valence-corrected chi connectivity index (χ0v) is 10.9. The highest BCUT2D eigenvalue weighted by molar-refractivity contribution is 5.95. The molecule has 3 aromatic rings. The molecule has 0 unspecified atom stereocenters. The molecule has 98 valence electrons. The minimum absolute atomic E-state index is 0.0305. The third kappa shape index (κ3) is 2.14. The Morgan fingerprint density at radius 2 is 1.80 bits per heavy atom. The van der Waals surface area contributed by atoms with Gasteiger partial charge in [-0.2, -0.15) is 0 Å². The molecule has 2 aromatic carbocycles. The fourth-order valence-corrected chi connectivity index (χ4v) is 2.17. The highest BCUT2D eigenvalue weighted by atomic mass is 16.4. The van der Waals surface area contributed by atoms with E-state index in [1.54, 1.807) is 36.4 Å². The van der Waals surface area contributed by atoms with Crippen molar-refractivity contribution >= 4 is 16.8 Å². The minimum Gasteiger partial charge on any atom is -0.422 e. The molecule has 0 aliphatic rings. The first-order valence-corrected chi connectivity index (χ1v) is 6.29. The van der Waals surface area contributed by atoms with Crippen LogP contribution < -0.4 is 5.63 Å². The summed E-state index contributed by atoms with van der Waals surface area (Å²) in [6.45, 7) is 1.50. The molecule has 3 nitrogen and oxygen atoms in total. The van der Waals surface area contributed by atoms with Crippen LogP contribution in [0.5, 0.6) is 0 Å². The Kier molecular flexibility index (Phi) is 2.95. The van der Waals surface area contributed by atoms with Gasteiger partial charge in [0.15, 0.2) is 5.78 Å². The molecule has 0 amide bonds. The van der Waals surface area contributed by atoms with Crippen molar-refractivity contribution in [2.24, 2.45) is 0 Å². The third-order valence-corrected chi connectivity index (χ3v) is 3.22. The number of ketones is 1. The number of hydrogen-bond acceptors (Lipinski definition) is 3. The highest BCUT2D eigenvalue weighted by Gasteiger charge is 2.09. The lowest BCUT2D eigenvalue weighted by Crippen LogP contribution is -2.03. The minimum atomic E-state index is -0.399. The van der Waals surface area contributed by atoms with E-state index < -0.39 is 5.63 Å². The SMILES string of the molecule is CC(=O)c1cccc(-c2cc3ccccc3oc2=O)c1. The lowest BCUT2D eigenvalue weighted by molar-refractivity contribution is 0.101. The van der Waals surface area contributed by atoms with Gasteiger partial charge in [-0.15, -0.1) is 0 Å². The number of carbonyl (C=O) groups is 1. The van der Waals surface area contributed by atoms with Crippen molar-refractivity contribution in [1.82, 2.24) is 0 Å². The molecule has 3 heteroatoms. The molecule has 0 atom stereocenters. The maximum Gasteiger partial charge on any atom is 0.344 e. The zero-order valence-electron chi connectivity index (χ0n) is 10.9. The number of fused-ring (bicyclic) bond motifs is 1. The van der Waals surface area contributed by atoms with E-state index >= 15 is 0 Å². The second-order valence-electron chi connectivity index (χ2n) is 4.62. The summed E-state index contributed by atoms with van der Waals surface area (Å²) in [5.74, 6) is -0.0305. The van der Waals surface area contributed by atoms with Crippen LogP contribution in [0.3, 0.4) is 0 Å². The Morgan fingerprint density at radius 1 is 1.00 bits per heavy atom. The van der Waals surface area contributed by atoms with Gasteiger partial charge in [0.1, 0.15) is 5.58 Å². The topological polar surface area (TPSA) is 47.3 Å². The summed E-state index contributed by atoms with van der Waals surface area (Å²) < 4.78 is 5.31. The van der Waals surface area contributed by atoms with Gasteiger partial charge in [-0.05, 0) is 30.7 Å². The monoisotopic (exact) mass is 264 g/mol. The van der Waals surface area contributed by atoms with E-state index in [0.29, 0.717) is 22.3 Å². The molecule has 0 radical (unpaired) electrons. The molecular formula is C17H12O3. The Morgan fingerprint density at radius 3 is 2.60 bits per heavy atom. The van der Waals surface area contributed by atoms with Crippen LogP contribution >= 0.6 is 0 Å². The molecular weight excluding hydrogens is 252 g/mol. The van der Waals surface area contributed by atoms with Crippen LogP contribution in [0, 0.1) is 0 Å². The largest absolute Gasteiger partial charge is 0.422 e. The lowest BCUT2D eigenvalue weighted by Gasteiger charge is -2.04. The number of rotatable bonds is 2. The summed E-state index contributed by atoms with van der Waals surface area (Å²) >= 11 is 0. The van der Waals surface area contributed by atoms with Crippen molar-refractivity contribution in [3.63, 3.8) is 0 Å². The van der Waals surface area contributed by atoms with Crippen LogP contribution in [0.4, 0.5) is 0 Å². The van der Waals surface area contributed by atoms with Gasteiger partial charge in [-0.1, -0.05) is 36.4 Å². The highest BCUT2D eigenvalue weighted by Crippen LogP contribution is 2.21. The number of Topliss-reactive ketones (excluding diaryl/α,β-unsaturated/α-hetero) is 1. The Labute approximate surface area is 115 Å². The second-order valence-corrected chi connectivity index (χ2v) is 4.62. The van der Waals surface area contributed by atoms with Gasteiger partial charge < -0.3 is 4.42 Å². The van der Waals surface area contributed by atoms with Crippen molar-refractivity contribution in [3.8, 4) is 11.1 Å². The van der Waals surface area contributed by atoms with E-state index in [-0.39, 0.29) is 5.78 Å². The lowest BCUT2D eigenvalue weighted by atomic mass is 10.0. The maximum absolute atomic E-state index is 12.1. The molecule has 0 aliphatic heterocycles. The Hall–Kier alpha value is -2.68. The summed E-state index contributed by atoms with van der Waals surface area (Å²) in [5, 5.41) is 0.857. The molecule has 0 fully saturated rings. The summed E-state index contributed by atoms with van der Waals surface area (Å²) in [7, 11) is 0. The van der Waals surface area contributed by atoms with E-state index in [9.17, 15) is 9.59 Å². The van der Waals surface area contributed by atoms with E-state index in [0.717, 1.165) is 5.39 Å². The van der Waals surface area contributed by atoms with Crippen LogP contribution in [0.25, 0.3) is 22.1 Å². The second kappa shape index (κ2) is 4.78. The smallest absolute Gasteiger partial charge is 0.344 e. The fourth-order valence-electron chi connectivity index (χ4n) is 2.17. The van der Waals surface area contributed by atoms with Crippen molar-refractivity contribution in [2.45, 2.75) is 6.92 Å². The van der Waals surface area contributed by atoms with E-state index in [1.165, 1.54) is 6.92 Å². The number of carbonyl (C=O) groups excluding carboxylic acids is 1. The first-order chi connectivity index (χ1) is 9.65. The third-order valence-electron chi connectivity index (χ3n) is 3.22. The predicted molar refractivity (Wildman–Crippen MR) is 77.9 cm³/mol. The number of benzene rings is 2. The first-order valence-electron chi connectivity index (χ1n) is 6.29. The van der Waals surface area contributed by atoms with Crippen LogP contribution in [-0.2, 0) is 0 Å².